The van der Waals surface area contributed by atoms with E-state index in [9.17, 15) is 27.6 Å². The van der Waals surface area contributed by atoms with Crippen molar-refractivity contribution >= 4 is 56.2 Å². The lowest BCUT2D eigenvalue weighted by molar-refractivity contribution is -0.165. The van der Waals surface area contributed by atoms with E-state index >= 15 is 0 Å². The first-order chi connectivity index (χ1) is 14.7. The van der Waals surface area contributed by atoms with Gasteiger partial charge in [0.15, 0.2) is 16.9 Å². The van der Waals surface area contributed by atoms with Gasteiger partial charge in [-0.2, -0.15) is 12.7 Å². The van der Waals surface area contributed by atoms with E-state index in [1.54, 1.807) is 0 Å². The van der Waals surface area contributed by atoms with E-state index < -0.39 is 57.5 Å². The number of anilines is 1. The highest BCUT2D eigenvalue weighted by Gasteiger charge is 2.58. The van der Waals surface area contributed by atoms with Crippen LogP contribution in [0.25, 0.3) is 0 Å². The van der Waals surface area contributed by atoms with Crippen LogP contribution in [0, 0.1) is 0 Å². The summed E-state index contributed by atoms with van der Waals surface area (Å²) in [6, 6.07) is -3.58. The minimum Gasteiger partial charge on any atom is -0.467 e. The SMILES string of the molecule is COC(=O)[C@H]1[C@@H](NC(=O)/C(=N\OC(C)(C)C(=O)OC)c2csc(N)n2)C(=O)N1S(=O)(=O)O. The Morgan fingerprint density at radius 1 is 1.31 bits per heavy atom. The number of ether oxygens (including phenoxy) is 2. The fourth-order valence-electron chi connectivity index (χ4n) is 2.47. The van der Waals surface area contributed by atoms with Crippen LogP contribution in [-0.2, 0) is 43.8 Å². The number of hydrogen-bond acceptors (Lipinski definition) is 13. The molecule has 1 aromatic heterocycles. The average molecular weight is 493 g/mol. The molecular weight excluding hydrogens is 474 g/mol. The van der Waals surface area contributed by atoms with E-state index in [1.165, 1.54) is 19.2 Å². The lowest BCUT2D eigenvalue weighted by atomic mass is 9.98. The molecule has 1 aromatic rings. The van der Waals surface area contributed by atoms with Crippen molar-refractivity contribution in [3.05, 3.63) is 11.1 Å². The Balaban J connectivity index is 2.36. The lowest BCUT2D eigenvalue weighted by Crippen LogP contribution is -2.74. The molecule has 1 aliphatic heterocycles. The fourth-order valence-corrected chi connectivity index (χ4v) is 3.85. The second kappa shape index (κ2) is 9.05. The van der Waals surface area contributed by atoms with Gasteiger partial charge >= 0.3 is 22.2 Å². The molecule has 0 aromatic carbocycles. The van der Waals surface area contributed by atoms with E-state index in [2.05, 4.69) is 24.9 Å². The molecule has 2 atom stereocenters. The van der Waals surface area contributed by atoms with Crippen molar-refractivity contribution in [3.63, 3.8) is 0 Å². The van der Waals surface area contributed by atoms with Crippen molar-refractivity contribution in [1.82, 2.24) is 14.6 Å². The minimum absolute atomic E-state index is 0.0532. The Kier molecular flexibility index (Phi) is 7.06. The molecule has 17 heteroatoms. The number of β-lactam (4-membered cyclic amide) rings is 1. The van der Waals surface area contributed by atoms with Crippen LogP contribution >= 0.6 is 11.3 Å². The second-order valence-electron chi connectivity index (χ2n) is 6.64. The maximum absolute atomic E-state index is 12.8. The minimum atomic E-state index is -5.10. The van der Waals surface area contributed by atoms with Gasteiger partial charge < -0.3 is 25.4 Å². The fraction of sp³-hybridized carbons (Fsp3) is 0.467. The van der Waals surface area contributed by atoms with E-state index in [0.717, 1.165) is 25.6 Å². The molecule has 15 nitrogen and oxygen atoms in total. The van der Waals surface area contributed by atoms with Crippen molar-refractivity contribution in [2.75, 3.05) is 20.0 Å². The van der Waals surface area contributed by atoms with E-state index in [-0.39, 0.29) is 15.1 Å². The molecule has 0 aliphatic carbocycles. The molecule has 1 fully saturated rings. The van der Waals surface area contributed by atoms with Crippen LogP contribution in [0.15, 0.2) is 10.5 Å². The second-order valence-corrected chi connectivity index (χ2v) is 8.81. The first kappa shape index (κ1) is 25.0. The van der Waals surface area contributed by atoms with Gasteiger partial charge in [0.25, 0.3) is 11.8 Å². The molecular formula is C15H19N5O10S2. The van der Waals surface area contributed by atoms with Gasteiger partial charge in [-0.05, 0) is 13.8 Å². The van der Waals surface area contributed by atoms with E-state index in [1.807, 2.05) is 0 Å². The third-order valence-electron chi connectivity index (χ3n) is 4.05. The summed E-state index contributed by atoms with van der Waals surface area (Å²) in [5, 5.41) is 7.12. The van der Waals surface area contributed by atoms with Gasteiger partial charge in [-0.3, -0.25) is 14.1 Å². The zero-order valence-electron chi connectivity index (χ0n) is 17.1. The molecule has 2 amide bonds. The molecule has 0 spiro atoms. The summed E-state index contributed by atoms with van der Waals surface area (Å²) in [5.41, 5.74) is 3.30. The highest BCUT2D eigenvalue weighted by atomic mass is 32.2. The van der Waals surface area contributed by atoms with E-state index in [0.29, 0.717) is 0 Å². The molecule has 0 saturated carbocycles. The van der Waals surface area contributed by atoms with Crippen molar-refractivity contribution in [2.45, 2.75) is 31.5 Å². The topological polar surface area (TPSA) is 217 Å². The van der Waals surface area contributed by atoms with Crippen LogP contribution in [0.1, 0.15) is 19.5 Å². The van der Waals surface area contributed by atoms with Crippen LogP contribution in [0.5, 0.6) is 0 Å². The van der Waals surface area contributed by atoms with Gasteiger partial charge in [0.05, 0.1) is 14.2 Å². The first-order valence-electron chi connectivity index (χ1n) is 8.50. The van der Waals surface area contributed by atoms with Gasteiger partial charge in [0.1, 0.15) is 11.7 Å². The number of oxime groups is 1. The number of aromatic nitrogens is 1. The molecule has 4 N–H and O–H groups in total. The van der Waals surface area contributed by atoms with Crippen molar-refractivity contribution < 1.29 is 46.5 Å². The number of hydrogen-bond donors (Lipinski definition) is 3. The third kappa shape index (κ3) is 4.94. The van der Waals surface area contributed by atoms with Gasteiger partial charge in [-0.25, -0.2) is 14.6 Å². The predicted molar refractivity (Wildman–Crippen MR) is 106 cm³/mol. The molecule has 0 radical (unpaired) electrons. The molecule has 0 unspecified atom stereocenters. The zero-order valence-corrected chi connectivity index (χ0v) is 18.7. The number of amides is 2. The molecule has 2 heterocycles. The largest absolute Gasteiger partial charge is 0.467 e. The number of nitrogens with one attached hydrogen (secondary N) is 1. The number of thiazole rings is 1. The zero-order chi connectivity index (χ0) is 24.4. The lowest BCUT2D eigenvalue weighted by Gasteiger charge is -2.41. The van der Waals surface area contributed by atoms with Crippen LogP contribution in [0.4, 0.5) is 5.13 Å². The monoisotopic (exact) mass is 493 g/mol. The smallest absolute Gasteiger partial charge is 0.363 e. The predicted octanol–water partition coefficient (Wildman–Crippen LogP) is -1.93. The number of esters is 2. The number of methoxy groups -OCH3 is 2. The Labute approximate surface area is 185 Å². The van der Waals surface area contributed by atoms with Crippen molar-refractivity contribution in [2.24, 2.45) is 5.16 Å². The normalized spacial score (nSPS) is 19.1. The highest BCUT2D eigenvalue weighted by Crippen LogP contribution is 2.25. The Morgan fingerprint density at radius 3 is 2.41 bits per heavy atom. The summed E-state index contributed by atoms with van der Waals surface area (Å²) in [6.45, 7) is 2.61. The summed E-state index contributed by atoms with van der Waals surface area (Å²) in [7, 11) is -3.07. The van der Waals surface area contributed by atoms with E-state index in [4.69, 9.17) is 15.1 Å². The Hall–Kier alpha value is -3.31. The van der Waals surface area contributed by atoms with Crippen molar-refractivity contribution in [1.29, 1.82) is 0 Å². The maximum Gasteiger partial charge on any atom is 0.363 e. The Morgan fingerprint density at radius 2 is 1.94 bits per heavy atom. The van der Waals surface area contributed by atoms with Gasteiger partial charge in [0, 0.05) is 5.38 Å². The summed E-state index contributed by atoms with van der Waals surface area (Å²) >= 11 is 0.943. The van der Waals surface area contributed by atoms with Crippen LogP contribution in [0.2, 0.25) is 0 Å². The van der Waals surface area contributed by atoms with Crippen LogP contribution in [0.3, 0.4) is 0 Å². The van der Waals surface area contributed by atoms with Gasteiger partial charge in [-0.15, -0.1) is 11.3 Å². The van der Waals surface area contributed by atoms with Gasteiger partial charge in [0.2, 0.25) is 5.60 Å². The maximum atomic E-state index is 12.8. The highest BCUT2D eigenvalue weighted by molar-refractivity contribution is 7.84. The standard InChI is InChI=1S/C15H19N5O10S2/c1-15(2,13(24)29-4)30-19-7(6-5-31-14(16)17-6)10(21)18-8-9(12(23)28-3)20(11(8)22)32(25,26)27/h5,8-9H,1-4H3,(H2,16,17)(H,18,21)(H,25,26,27)/b19-7-/t8-,9-/m1/s1. The summed E-state index contributed by atoms with van der Waals surface area (Å²) in [5.74, 6) is -4.46. The molecule has 1 aliphatic rings. The Bertz CT molecular complexity index is 1080. The number of carbonyl (C=O) groups excluding carboxylic acids is 4. The van der Waals surface area contributed by atoms with Gasteiger partial charge in [-0.1, -0.05) is 5.16 Å². The summed E-state index contributed by atoms with van der Waals surface area (Å²) in [4.78, 5) is 57.7. The quantitative estimate of drug-likeness (QED) is 0.119. The molecule has 176 valence electrons. The number of nitrogen functional groups attached to an aromatic ring is 1. The molecule has 2 rings (SSSR count). The third-order valence-corrected chi connectivity index (χ3v) is 5.63. The first-order valence-corrected chi connectivity index (χ1v) is 10.8. The summed E-state index contributed by atoms with van der Waals surface area (Å²) in [6.07, 6.45) is 0. The van der Waals surface area contributed by atoms with Crippen LogP contribution in [-0.4, -0.2) is 83.6 Å². The number of nitrogens with two attached hydrogens (primary N) is 1. The van der Waals surface area contributed by atoms with Crippen LogP contribution < -0.4 is 11.1 Å². The molecule has 32 heavy (non-hydrogen) atoms. The van der Waals surface area contributed by atoms with Crippen molar-refractivity contribution in [3.8, 4) is 0 Å². The number of nitrogens with zero attached hydrogens (tertiary/aromatic N) is 3. The number of rotatable bonds is 8. The number of carbonyl (C=O) groups is 4. The molecule has 1 saturated heterocycles. The average Bonchev–Trinajstić information content (AvgIpc) is 3.13. The summed E-state index contributed by atoms with van der Waals surface area (Å²) < 4.78 is 40.8. The molecule has 0 bridgehead atoms.